The summed E-state index contributed by atoms with van der Waals surface area (Å²) in [6.07, 6.45) is 2.35. The fourth-order valence-electron chi connectivity index (χ4n) is 4.84. The van der Waals surface area contributed by atoms with Crippen LogP contribution in [-0.2, 0) is 0 Å². The summed E-state index contributed by atoms with van der Waals surface area (Å²) in [7, 11) is -1.41. The van der Waals surface area contributed by atoms with Gasteiger partial charge in [-0.2, -0.15) is 9.48 Å². The van der Waals surface area contributed by atoms with Crippen LogP contribution in [0.3, 0.4) is 0 Å². The Morgan fingerprint density at radius 2 is 1.26 bits per heavy atom. The van der Waals surface area contributed by atoms with E-state index in [1.807, 2.05) is 0 Å². The maximum Gasteiger partial charge on any atom is 0.401 e. The van der Waals surface area contributed by atoms with Crippen molar-refractivity contribution in [3.8, 4) is 0 Å². The average Bonchev–Trinajstić information content (AvgIpc) is 3.08. The Morgan fingerprint density at radius 3 is 1.71 bits per heavy atom. The molecule has 3 aromatic rings. The molecule has 0 saturated heterocycles. The summed E-state index contributed by atoms with van der Waals surface area (Å²) in [5, 5.41) is 4.13. The van der Waals surface area contributed by atoms with E-state index in [0.717, 1.165) is 0 Å². The molecule has 1 aliphatic heterocycles. The molecule has 1 atom stereocenters. The molecule has 160 valence electrons. The number of rotatable bonds is 5. The van der Waals surface area contributed by atoms with E-state index in [4.69, 9.17) is 0 Å². The van der Waals surface area contributed by atoms with Gasteiger partial charge in [-0.1, -0.05) is 54.6 Å². The normalized spacial score (nSPS) is 17.5. The summed E-state index contributed by atoms with van der Waals surface area (Å²) < 4.78 is 2.59. The number of hydrogen-bond donors (Lipinski definition) is 1. The van der Waals surface area contributed by atoms with E-state index in [1.54, 1.807) is 0 Å². The maximum atomic E-state index is 4.13. The molecule has 31 heavy (non-hydrogen) atoms. The molecule has 4 rings (SSSR count). The minimum absolute atomic E-state index is 0.423. The molecular formula is C27H34N3P+2. The third-order valence-corrected chi connectivity index (χ3v) is 11.3. The third kappa shape index (κ3) is 3.77. The molecule has 1 aliphatic rings. The minimum Gasteiger partial charge on any atom is -0.195 e. The van der Waals surface area contributed by atoms with Gasteiger partial charge in [-0.05, 0) is 63.1 Å². The Hall–Kier alpha value is -2.64. The molecule has 0 bridgehead atoms. The zero-order valence-corrected chi connectivity index (χ0v) is 20.2. The van der Waals surface area contributed by atoms with Crippen LogP contribution in [-0.4, -0.2) is 28.6 Å². The van der Waals surface area contributed by atoms with Gasteiger partial charge < -0.3 is 0 Å². The molecule has 1 heterocycles. The smallest absolute Gasteiger partial charge is 0.195 e. The van der Waals surface area contributed by atoms with Crippen LogP contribution in [0.1, 0.15) is 31.9 Å². The van der Waals surface area contributed by atoms with Gasteiger partial charge >= 0.3 is 5.96 Å². The SMILES string of the molecule is CC[P+]1(CC)NC(N(c2ccccc2)c2ccccc2)=[N+](c2c(C)cccc2C)[C@H]1C. The molecule has 0 aromatic heterocycles. The summed E-state index contributed by atoms with van der Waals surface area (Å²) in [4.78, 5) is 2.40. The van der Waals surface area contributed by atoms with Crippen molar-refractivity contribution < 1.29 is 4.58 Å². The van der Waals surface area contributed by atoms with Crippen LogP contribution in [0.15, 0.2) is 78.9 Å². The van der Waals surface area contributed by atoms with Gasteiger partial charge in [0.2, 0.25) is 5.78 Å². The number of anilines is 2. The number of benzene rings is 3. The van der Waals surface area contributed by atoms with Gasteiger partial charge in [0.1, 0.15) is 17.1 Å². The van der Waals surface area contributed by atoms with Crippen LogP contribution in [0, 0.1) is 13.8 Å². The van der Waals surface area contributed by atoms with Gasteiger partial charge in [-0.15, -0.1) is 5.09 Å². The van der Waals surface area contributed by atoms with Crippen LogP contribution >= 0.6 is 7.41 Å². The van der Waals surface area contributed by atoms with E-state index in [0.29, 0.717) is 5.78 Å². The van der Waals surface area contributed by atoms with Gasteiger partial charge in [0.25, 0.3) is 0 Å². The number of guanidine groups is 1. The summed E-state index contributed by atoms with van der Waals surface area (Å²) >= 11 is 0. The highest BCUT2D eigenvalue weighted by Crippen LogP contribution is 2.63. The first-order valence-electron chi connectivity index (χ1n) is 11.3. The molecule has 0 fully saturated rings. The first-order valence-corrected chi connectivity index (χ1v) is 13.5. The van der Waals surface area contributed by atoms with Gasteiger partial charge in [0.05, 0.1) is 12.3 Å². The molecule has 0 unspecified atom stereocenters. The number of para-hydroxylation sites is 3. The first-order chi connectivity index (χ1) is 15.0. The molecule has 3 aromatic carbocycles. The lowest BCUT2D eigenvalue weighted by atomic mass is 10.1. The number of hydrogen-bond acceptors (Lipinski definition) is 2. The topological polar surface area (TPSA) is 18.3 Å². The third-order valence-electron chi connectivity index (χ3n) is 6.69. The number of nitrogens with one attached hydrogen (secondary N) is 1. The van der Waals surface area contributed by atoms with Crippen molar-refractivity contribution >= 4 is 30.4 Å². The molecule has 0 saturated carbocycles. The van der Waals surface area contributed by atoms with E-state index in [1.165, 1.54) is 46.5 Å². The lowest BCUT2D eigenvalue weighted by molar-refractivity contribution is -0.453. The van der Waals surface area contributed by atoms with Gasteiger partial charge in [-0.3, -0.25) is 0 Å². The predicted molar refractivity (Wildman–Crippen MR) is 136 cm³/mol. The van der Waals surface area contributed by atoms with Gasteiger partial charge in [-0.25, -0.2) is 0 Å². The highest BCUT2D eigenvalue weighted by molar-refractivity contribution is 7.75. The first kappa shape index (κ1) is 21.6. The van der Waals surface area contributed by atoms with E-state index >= 15 is 0 Å². The van der Waals surface area contributed by atoms with Crippen molar-refractivity contribution in [1.29, 1.82) is 0 Å². The van der Waals surface area contributed by atoms with Crippen molar-refractivity contribution in [3.63, 3.8) is 0 Å². The molecular weight excluding hydrogens is 397 g/mol. The van der Waals surface area contributed by atoms with E-state index in [-0.39, 0.29) is 0 Å². The second kappa shape index (κ2) is 8.85. The second-order valence-electron chi connectivity index (χ2n) is 8.35. The Kier molecular flexibility index (Phi) is 6.16. The van der Waals surface area contributed by atoms with Gasteiger partial charge in [0.15, 0.2) is 7.41 Å². The zero-order valence-electron chi connectivity index (χ0n) is 19.3. The second-order valence-corrected chi connectivity index (χ2v) is 12.7. The van der Waals surface area contributed by atoms with Crippen molar-refractivity contribution in [2.75, 3.05) is 17.2 Å². The lowest BCUT2D eigenvalue weighted by Gasteiger charge is -2.21. The molecule has 0 amide bonds. The molecule has 0 radical (unpaired) electrons. The fraction of sp³-hybridized carbons (Fsp3) is 0.296. The Morgan fingerprint density at radius 1 is 0.774 bits per heavy atom. The summed E-state index contributed by atoms with van der Waals surface area (Å²) in [5.41, 5.74) is 6.32. The Labute approximate surface area is 187 Å². The van der Waals surface area contributed by atoms with Crippen molar-refractivity contribution in [3.05, 3.63) is 90.0 Å². The predicted octanol–water partition coefficient (Wildman–Crippen LogP) is 7.06. The number of aryl methyl sites for hydroxylation is 2. The van der Waals surface area contributed by atoms with Crippen LogP contribution in [0.25, 0.3) is 0 Å². The standard InChI is InChI=1S/C27H33N3P/c1-6-31(7-2)23(5)29(26-21(3)15-14-16-22(26)4)27(28-31)30(24-17-10-8-11-18-24)25-19-12-9-13-20-25/h8-20,23H,6-7H2,1-5H3/q+1/p+1/t23-/m1/s1. The summed E-state index contributed by atoms with van der Waals surface area (Å²) in [5.74, 6) is 1.60. The van der Waals surface area contributed by atoms with Crippen LogP contribution in [0.4, 0.5) is 17.1 Å². The van der Waals surface area contributed by atoms with Gasteiger partial charge in [0, 0.05) is 6.92 Å². The maximum absolute atomic E-state index is 4.13. The highest BCUT2D eigenvalue weighted by Gasteiger charge is 2.58. The lowest BCUT2D eigenvalue weighted by Crippen LogP contribution is -2.38. The fourth-order valence-corrected chi connectivity index (χ4v) is 8.12. The average molecular weight is 432 g/mol. The molecule has 4 heteroatoms. The summed E-state index contributed by atoms with van der Waals surface area (Å²) in [6.45, 7) is 11.6. The zero-order chi connectivity index (χ0) is 22.0. The van der Waals surface area contributed by atoms with Crippen LogP contribution < -0.4 is 9.99 Å². The largest absolute Gasteiger partial charge is 0.401 e. The molecule has 0 aliphatic carbocycles. The Bertz CT molecular complexity index is 1010. The molecule has 3 nitrogen and oxygen atoms in total. The van der Waals surface area contributed by atoms with E-state index in [9.17, 15) is 0 Å². The Balaban J connectivity index is 2.03. The monoisotopic (exact) mass is 431 g/mol. The minimum atomic E-state index is -1.41. The van der Waals surface area contributed by atoms with Crippen LogP contribution in [0.2, 0.25) is 0 Å². The van der Waals surface area contributed by atoms with E-state index in [2.05, 4.69) is 128 Å². The molecule has 0 spiro atoms. The highest BCUT2D eigenvalue weighted by atomic mass is 31.2. The van der Waals surface area contributed by atoms with Crippen molar-refractivity contribution in [2.45, 2.75) is 40.4 Å². The van der Waals surface area contributed by atoms with Crippen molar-refractivity contribution in [2.24, 2.45) is 0 Å². The molecule has 1 N–H and O–H groups in total. The number of nitrogens with zero attached hydrogens (tertiary/aromatic N) is 2. The van der Waals surface area contributed by atoms with Crippen molar-refractivity contribution in [1.82, 2.24) is 5.09 Å². The van der Waals surface area contributed by atoms with Crippen LogP contribution in [0.5, 0.6) is 0 Å². The quantitative estimate of drug-likeness (QED) is 0.344. The van der Waals surface area contributed by atoms with E-state index < -0.39 is 7.41 Å². The summed E-state index contributed by atoms with van der Waals surface area (Å²) in [6, 6.07) is 28.1.